The van der Waals surface area contributed by atoms with Crippen molar-refractivity contribution in [3.63, 3.8) is 0 Å². The van der Waals surface area contributed by atoms with Gasteiger partial charge < -0.3 is 11.5 Å². The molecule has 4 rings (SSSR count). The number of rotatable bonds is 3. The van der Waals surface area contributed by atoms with E-state index in [0.29, 0.717) is 0 Å². The second-order valence-electron chi connectivity index (χ2n) is 6.71. The van der Waals surface area contributed by atoms with Crippen molar-refractivity contribution in [2.45, 2.75) is 12.0 Å². The first-order valence-corrected chi connectivity index (χ1v) is 8.86. The third-order valence-corrected chi connectivity index (χ3v) is 4.96. The summed E-state index contributed by atoms with van der Waals surface area (Å²) in [5, 5.41) is 0. The molecule has 0 radical (unpaired) electrons. The molecule has 1 unspecified atom stereocenters. The molecular weight excluding hydrogens is 316 g/mol. The van der Waals surface area contributed by atoms with E-state index in [1.165, 1.54) is 11.1 Å². The molecule has 0 bridgehead atoms. The van der Waals surface area contributed by atoms with E-state index in [9.17, 15) is 0 Å². The van der Waals surface area contributed by atoms with Gasteiger partial charge in [-0.25, -0.2) is 0 Å². The van der Waals surface area contributed by atoms with Crippen LogP contribution in [0.2, 0.25) is 0 Å². The molecule has 0 saturated carbocycles. The van der Waals surface area contributed by atoms with Crippen LogP contribution in [0.5, 0.6) is 0 Å². The predicted octanol–water partition coefficient (Wildman–Crippen LogP) is 5.27. The number of anilines is 1. The van der Waals surface area contributed by atoms with Gasteiger partial charge in [-0.3, -0.25) is 0 Å². The van der Waals surface area contributed by atoms with Crippen molar-refractivity contribution in [3.05, 3.63) is 103 Å². The van der Waals surface area contributed by atoms with Crippen molar-refractivity contribution in [1.82, 2.24) is 0 Å². The van der Waals surface area contributed by atoms with Crippen LogP contribution in [0.1, 0.15) is 12.0 Å². The standard InChI is InChI=1S/C24H22N2/c25-22-15-9-14-21(23(22)24(26)16-7-2-8-17-24)20-13-6-5-12-19(20)18-10-3-1-4-11-18/h1-16H,17,25-26H2. The molecule has 1 aliphatic rings. The van der Waals surface area contributed by atoms with Gasteiger partial charge >= 0.3 is 0 Å². The smallest absolute Gasteiger partial charge is 0.0659 e. The molecule has 1 aliphatic carbocycles. The van der Waals surface area contributed by atoms with Gasteiger partial charge in [-0.1, -0.05) is 91.0 Å². The monoisotopic (exact) mass is 338 g/mol. The lowest BCUT2D eigenvalue weighted by Gasteiger charge is -2.31. The van der Waals surface area contributed by atoms with Gasteiger partial charge in [-0.2, -0.15) is 0 Å². The predicted molar refractivity (Wildman–Crippen MR) is 110 cm³/mol. The van der Waals surface area contributed by atoms with Crippen LogP contribution in [0.25, 0.3) is 22.3 Å². The highest BCUT2D eigenvalue weighted by Crippen LogP contribution is 2.41. The molecule has 26 heavy (non-hydrogen) atoms. The molecule has 0 aromatic heterocycles. The lowest BCUT2D eigenvalue weighted by molar-refractivity contribution is 0.569. The fourth-order valence-corrected chi connectivity index (χ4v) is 3.72. The van der Waals surface area contributed by atoms with Gasteiger partial charge in [-0.15, -0.1) is 0 Å². The molecular formula is C24H22N2. The summed E-state index contributed by atoms with van der Waals surface area (Å²) in [6.45, 7) is 0. The zero-order chi connectivity index (χ0) is 18.0. The Morgan fingerprint density at radius 1 is 0.692 bits per heavy atom. The molecule has 0 saturated heterocycles. The molecule has 2 heteroatoms. The molecule has 2 nitrogen and oxygen atoms in total. The summed E-state index contributed by atoms with van der Waals surface area (Å²) < 4.78 is 0. The Balaban J connectivity index is 1.95. The van der Waals surface area contributed by atoms with Crippen LogP contribution < -0.4 is 11.5 Å². The van der Waals surface area contributed by atoms with Crippen molar-refractivity contribution in [3.8, 4) is 22.3 Å². The molecule has 0 amide bonds. The van der Waals surface area contributed by atoms with E-state index in [-0.39, 0.29) is 0 Å². The van der Waals surface area contributed by atoms with Crippen molar-refractivity contribution in [2.75, 3.05) is 5.73 Å². The van der Waals surface area contributed by atoms with Crippen molar-refractivity contribution in [1.29, 1.82) is 0 Å². The molecule has 4 N–H and O–H groups in total. The molecule has 3 aromatic rings. The summed E-state index contributed by atoms with van der Waals surface area (Å²) >= 11 is 0. The average Bonchev–Trinajstić information content (AvgIpc) is 2.69. The first-order chi connectivity index (χ1) is 12.7. The SMILES string of the molecule is Nc1cccc(-c2ccccc2-c2ccccc2)c1C1(N)C=CC=CC1. The maximum Gasteiger partial charge on any atom is 0.0659 e. The fraction of sp³-hybridized carbons (Fsp3) is 0.0833. The van der Waals surface area contributed by atoms with Crippen molar-refractivity contribution >= 4 is 5.69 Å². The van der Waals surface area contributed by atoms with Crippen LogP contribution >= 0.6 is 0 Å². The Kier molecular flexibility index (Phi) is 4.19. The number of nitrogen functional groups attached to an aromatic ring is 1. The Hall–Kier alpha value is -3.10. The normalized spacial score (nSPS) is 18.8. The van der Waals surface area contributed by atoms with E-state index in [2.05, 4.69) is 60.7 Å². The lowest BCUT2D eigenvalue weighted by Crippen LogP contribution is -2.36. The first kappa shape index (κ1) is 16.4. The summed E-state index contributed by atoms with van der Waals surface area (Å²) in [6, 6.07) is 24.9. The van der Waals surface area contributed by atoms with E-state index in [0.717, 1.165) is 28.8 Å². The Morgan fingerprint density at radius 2 is 1.38 bits per heavy atom. The first-order valence-electron chi connectivity index (χ1n) is 8.86. The van der Waals surface area contributed by atoms with Crippen LogP contribution in [0.3, 0.4) is 0 Å². The molecule has 1 atom stereocenters. The summed E-state index contributed by atoms with van der Waals surface area (Å²) in [7, 11) is 0. The second kappa shape index (κ2) is 6.66. The lowest BCUT2D eigenvalue weighted by atomic mass is 9.78. The zero-order valence-corrected chi connectivity index (χ0v) is 14.6. The molecule has 0 fully saturated rings. The number of allylic oxidation sites excluding steroid dienone is 2. The van der Waals surface area contributed by atoms with Crippen LogP contribution in [0.15, 0.2) is 97.1 Å². The van der Waals surface area contributed by atoms with Crippen molar-refractivity contribution < 1.29 is 0 Å². The maximum atomic E-state index is 6.79. The fourth-order valence-electron chi connectivity index (χ4n) is 3.72. The van der Waals surface area contributed by atoms with E-state index in [4.69, 9.17) is 11.5 Å². The quantitative estimate of drug-likeness (QED) is 0.639. The van der Waals surface area contributed by atoms with Gasteiger partial charge in [0.05, 0.1) is 5.54 Å². The average molecular weight is 338 g/mol. The van der Waals surface area contributed by atoms with Gasteiger partial charge in [0.1, 0.15) is 0 Å². The van der Waals surface area contributed by atoms with Crippen LogP contribution in [0, 0.1) is 0 Å². The second-order valence-corrected chi connectivity index (χ2v) is 6.71. The minimum atomic E-state index is -0.598. The molecule has 0 heterocycles. The zero-order valence-electron chi connectivity index (χ0n) is 14.6. The largest absolute Gasteiger partial charge is 0.398 e. The van der Waals surface area contributed by atoms with Crippen LogP contribution in [0.4, 0.5) is 5.69 Å². The van der Waals surface area contributed by atoms with Crippen LogP contribution in [-0.4, -0.2) is 0 Å². The Labute approximate surface area is 154 Å². The Bertz CT molecular complexity index is 986. The summed E-state index contributed by atoms with van der Waals surface area (Å²) in [5.41, 5.74) is 18.9. The summed E-state index contributed by atoms with van der Waals surface area (Å²) in [5.74, 6) is 0. The maximum absolute atomic E-state index is 6.79. The van der Waals surface area contributed by atoms with Crippen molar-refractivity contribution in [2.24, 2.45) is 5.73 Å². The van der Waals surface area contributed by atoms with E-state index in [1.54, 1.807) is 0 Å². The number of benzene rings is 3. The molecule has 128 valence electrons. The highest BCUT2D eigenvalue weighted by Gasteiger charge is 2.30. The number of hydrogen-bond donors (Lipinski definition) is 2. The van der Waals surface area contributed by atoms with Crippen LogP contribution in [-0.2, 0) is 5.54 Å². The number of hydrogen-bond acceptors (Lipinski definition) is 2. The van der Waals surface area contributed by atoms with Gasteiger partial charge in [0.25, 0.3) is 0 Å². The van der Waals surface area contributed by atoms with E-state index in [1.807, 2.05) is 36.4 Å². The number of nitrogens with two attached hydrogens (primary N) is 2. The van der Waals surface area contributed by atoms with Gasteiger partial charge in [0, 0.05) is 11.3 Å². The van der Waals surface area contributed by atoms with Gasteiger partial charge in [0.15, 0.2) is 0 Å². The van der Waals surface area contributed by atoms with Gasteiger partial charge in [0.2, 0.25) is 0 Å². The third kappa shape index (κ3) is 2.85. The highest BCUT2D eigenvalue weighted by molar-refractivity contribution is 5.87. The van der Waals surface area contributed by atoms with E-state index >= 15 is 0 Å². The topological polar surface area (TPSA) is 52.0 Å². The summed E-state index contributed by atoms with van der Waals surface area (Å²) in [4.78, 5) is 0. The van der Waals surface area contributed by atoms with E-state index < -0.39 is 5.54 Å². The Morgan fingerprint density at radius 3 is 2.12 bits per heavy atom. The van der Waals surface area contributed by atoms with Gasteiger partial charge in [-0.05, 0) is 34.7 Å². The minimum absolute atomic E-state index is 0.598. The third-order valence-electron chi connectivity index (χ3n) is 4.96. The molecule has 0 spiro atoms. The minimum Gasteiger partial charge on any atom is -0.398 e. The highest BCUT2D eigenvalue weighted by atomic mass is 14.8. The molecule has 3 aromatic carbocycles. The molecule has 0 aliphatic heterocycles. The summed E-state index contributed by atoms with van der Waals surface area (Å²) in [6.07, 6.45) is 8.91.